The van der Waals surface area contributed by atoms with Gasteiger partial charge in [0.25, 0.3) is 5.91 Å². The minimum absolute atomic E-state index is 0.0386. The average molecular weight is 419 g/mol. The van der Waals surface area contributed by atoms with Crippen LogP contribution in [0.5, 0.6) is 0 Å². The quantitative estimate of drug-likeness (QED) is 0.543. The molecule has 0 atom stereocenters. The van der Waals surface area contributed by atoms with Gasteiger partial charge >= 0.3 is 0 Å². The van der Waals surface area contributed by atoms with Gasteiger partial charge in [0.1, 0.15) is 0 Å². The number of carbonyl (C=O) groups is 1. The zero-order valence-corrected chi connectivity index (χ0v) is 17.9. The molecule has 3 aromatic rings. The van der Waals surface area contributed by atoms with E-state index in [0.717, 1.165) is 29.1 Å². The van der Waals surface area contributed by atoms with Gasteiger partial charge in [-0.25, -0.2) is 0 Å². The fourth-order valence-corrected chi connectivity index (χ4v) is 4.02. The minimum atomic E-state index is -0.0386. The molecule has 1 amide bonds. The highest BCUT2D eigenvalue weighted by atomic mass is 35.5. The highest BCUT2D eigenvalue weighted by Crippen LogP contribution is 2.22. The van der Waals surface area contributed by atoms with Gasteiger partial charge in [0, 0.05) is 23.7 Å². The van der Waals surface area contributed by atoms with Crippen LogP contribution in [0.3, 0.4) is 0 Å². The van der Waals surface area contributed by atoms with Crippen molar-refractivity contribution in [3.8, 4) is 11.1 Å². The van der Waals surface area contributed by atoms with Crippen LogP contribution in [0.1, 0.15) is 34.3 Å². The van der Waals surface area contributed by atoms with E-state index in [2.05, 4.69) is 34.5 Å². The van der Waals surface area contributed by atoms with Crippen LogP contribution in [0.25, 0.3) is 11.1 Å². The number of benzene rings is 3. The van der Waals surface area contributed by atoms with Crippen LogP contribution in [0.4, 0.5) is 0 Å². The normalized spacial score (nSPS) is 14.0. The zero-order chi connectivity index (χ0) is 20.8. The molecular formula is C26H27ClN2O. The van der Waals surface area contributed by atoms with Gasteiger partial charge in [0.15, 0.2) is 0 Å². The predicted molar refractivity (Wildman–Crippen MR) is 124 cm³/mol. The molecule has 0 bridgehead atoms. The van der Waals surface area contributed by atoms with Crippen LogP contribution in [-0.2, 0) is 13.0 Å². The number of amides is 1. The van der Waals surface area contributed by atoms with Gasteiger partial charge in [-0.05, 0) is 78.9 Å². The molecule has 154 valence electrons. The minimum Gasteiger partial charge on any atom is -0.352 e. The lowest BCUT2D eigenvalue weighted by Gasteiger charge is -2.14. The Hall–Kier alpha value is -2.62. The van der Waals surface area contributed by atoms with Crippen LogP contribution in [0.15, 0.2) is 72.8 Å². The summed E-state index contributed by atoms with van der Waals surface area (Å²) in [4.78, 5) is 14.9. The van der Waals surface area contributed by atoms with E-state index in [1.807, 2.05) is 48.5 Å². The summed E-state index contributed by atoms with van der Waals surface area (Å²) >= 11 is 5.95. The molecule has 1 aliphatic rings. The number of hydrogen-bond acceptors (Lipinski definition) is 2. The third-order valence-electron chi connectivity index (χ3n) is 5.65. The molecule has 3 nitrogen and oxygen atoms in total. The molecule has 1 saturated heterocycles. The van der Waals surface area contributed by atoms with Gasteiger partial charge < -0.3 is 5.32 Å². The Morgan fingerprint density at radius 3 is 2.00 bits per heavy atom. The molecule has 0 spiro atoms. The fraction of sp³-hybridized carbons (Fsp3) is 0.269. The summed E-state index contributed by atoms with van der Waals surface area (Å²) in [6.45, 7) is 4.11. The Morgan fingerprint density at radius 2 is 1.37 bits per heavy atom. The number of carbonyl (C=O) groups excluding carboxylic acids is 1. The molecule has 0 radical (unpaired) electrons. The Bertz CT molecular complexity index is 959. The van der Waals surface area contributed by atoms with Gasteiger partial charge in [0.2, 0.25) is 0 Å². The second kappa shape index (κ2) is 9.92. The molecule has 0 unspecified atom stereocenters. The molecule has 4 heteroatoms. The standard InChI is InChI=1S/C26H27ClN2O/c27-25-13-11-23(12-14-25)22-7-9-24(10-8-22)26(30)28-16-15-20-3-5-21(6-4-20)19-29-17-1-2-18-29/h3-14H,1-2,15-19H2,(H,28,30). The monoisotopic (exact) mass is 418 g/mol. The molecule has 1 fully saturated rings. The summed E-state index contributed by atoms with van der Waals surface area (Å²) in [6.07, 6.45) is 3.47. The highest BCUT2D eigenvalue weighted by Gasteiger charge is 2.11. The Kier molecular flexibility index (Phi) is 6.83. The van der Waals surface area contributed by atoms with Gasteiger partial charge in [-0.2, -0.15) is 0 Å². The van der Waals surface area contributed by atoms with Crippen molar-refractivity contribution in [3.63, 3.8) is 0 Å². The summed E-state index contributed by atoms with van der Waals surface area (Å²) in [5, 5.41) is 3.74. The number of nitrogens with zero attached hydrogens (tertiary/aromatic N) is 1. The Labute approximate surface area is 183 Å². The zero-order valence-electron chi connectivity index (χ0n) is 17.1. The fourth-order valence-electron chi connectivity index (χ4n) is 3.89. The first-order valence-electron chi connectivity index (χ1n) is 10.6. The lowest BCUT2D eigenvalue weighted by atomic mass is 10.0. The molecule has 1 N–H and O–H groups in total. The maximum atomic E-state index is 12.4. The van der Waals surface area contributed by atoms with Crippen molar-refractivity contribution in [1.82, 2.24) is 10.2 Å². The van der Waals surface area contributed by atoms with Crippen LogP contribution in [0.2, 0.25) is 5.02 Å². The van der Waals surface area contributed by atoms with Crippen molar-refractivity contribution in [3.05, 3.63) is 94.5 Å². The maximum absolute atomic E-state index is 12.4. The van der Waals surface area contributed by atoms with Gasteiger partial charge in [-0.3, -0.25) is 9.69 Å². The molecule has 0 aliphatic carbocycles. The van der Waals surface area contributed by atoms with E-state index in [0.29, 0.717) is 12.1 Å². The summed E-state index contributed by atoms with van der Waals surface area (Å²) in [7, 11) is 0. The van der Waals surface area contributed by atoms with E-state index in [1.165, 1.54) is 37.1 Å². The van der Waals surface area contributed by atoms with Crippen molar-refractivity contribution < 1.29 is 4.79 Å². The van der Waals surface area contributed by atoms with E-state index < -0.39 is 0 Å². The molecule has 0 aromatic heterocycles. The van der Waals surface area contributed by atoms with Crippen molar-refractivity contribution in [1.29, 1.82) is 0 Å². The molecule has 1 heterocycles. The van der Waals surface area contributed by atoms with E-state index in [4.69, 9.17) is 11.6 Å². The summed E-state index contributed by atoms with van der Waals surface area (Å²) in [6, 6.07) is 24.2. The summed E-state index contributed by atoms with van der Waals surface area (Å²) in [5.41, 5.74) is 5.44. The summed E-state index contributed by atoms with van der Waals surface area (Å²) in [5.74, 6) is -0.0386. The number of hydrogen-bond donors (Lipinski definition) is 1. The predicted octanol–water partition coefficient (Wildman–Crippen LogP) is 5.58. The molecular weight excluding hydrogens is 392 g/mol. The topological polar surface area (TPSA) is 32.3 Å². The lowest BCUT2D eigenvalue weighted by Crippen LogP contribution is -2.25. The number of likely N-dealkylation sites (tertiary alicyclic amines) is 1. The van der Waals surface area contributed by atoms with E-state index >= 15 is 0 Å². The number of halogens is 1. The molecule has 1 aliphatic heterocycles. The molecule has 30 heavy (non-hydrogen) atoms. The van der Waals surface area contributed by atoms with Gasteiger partial charge in [0.05, 0.1) is 0 Å². The van der Waals surface area contributed by atoms with Crippen LogP contribution in [-0.4, -0.2) is 30.4 Å². The second-order valence-corrected chi connectivity index (χ2v) is 8.33. The summed E-state index contributed by atoms with van der Waals surface area (Å²) < 4.78 is 0. The Balaban J connectivity index is 1.25. The van der Waals surface area contributed by atoms with Crippen LogP contribution >= 0.6 is 11.6 Å². The van der Waals surface area contributed by atoms with Crippen LogP contribution < -0.4 is 5.32 Å². The van der Waals surface area contributed by atoms with Crippen molar-refractivity contribution in [2.45, 2.75) is 25.8 Å². The van der Waals surface area contributed by atoms with E-state index in [1.54, 1.807) is 0 Å². The first-order valence-corrected chi connectivity index (χ1v) is 11.0. The smallest absolute Gasteiger partial charge is 0.251 e. The largest absolute Gasteiger partial charge is 0.352 e. The maximum Gasteiger partial charge on any atom is 0.251 e. The molecule has 3 aromatic carbocycles. The number of nitrogens with one attached hydrogen (secondary N) is 1. The van der Waals surface area contributed by atoms with E-state index in [9.17, 15) is 4.79 Å². The lowest BCUT2D eigenvalue weighted by molar-refractivity contribution is 0.0954. The molecule has 0 saturated carbocycles. The number of rotatable bonds is 7. The van der Waals surface area contributed by atoms with E-state index in [-0.39, 0.29) is 5.91 Å². The van der Waals surface area contributed by atoms with Gasteiger partial charge in [-0.15, -0.1) is 0 Å². The van der Waals surface area contributed by atoms with Crippen molar-refractivity contribution in [2.75, 3.05) is 19.6 Å². The van der Waals surface area contributed by atoms with Crippen molar-refractivity contribution in [2.24, 2.45) is 0 Å². The average Bonchev–Trinajstić information content (AvgIpc) is 3.29. The highest BCUT2D eigenvalue weighted by molar-refractivity contribution is 6.30. The SMILES string of the molecule is O=C(NCCc1ccc(CN2CCCC2)cc1)c1ccc(-c2ccc(Cl)cc2)cc1. The first kappa shape index (κ1) is 20.6. The van der Waals surface area contributed by atoms with Gasteiger partial charge in [-0.1, -0.05) is 60.1 Å². The third kappa shape index (κ3) is 5.50. The van der Waals surface area contributed by atoms with Crippen molar-refractivity contribution >= 4 is 17.5 Å². The third-order valence-corrected chi connectivity index (χ3v) is 5.90. The second-order valence-electron chi connectivity index (χ2n) is 7.89. The first-order chi connectivity index (χ1) is 14.7. The Morgan fingerprint density at radius 1 is 0.800 bits per heavy atom. The molecule has 4 rings (SSSR count). The van der Waals surface area contributed by atoms with Crippen LogP contribution in [0, 0.1) is 0 Å².